The number of benzene rings is 1. The van der Waals surface area contributed by atoms with Crippen molar-refractivity contribution < 1.29 is 10.2 Å². The van der Waals surface area contributed by atoms with Gasteiger partial charge >= 0.3 is 0 Å². The van der Waals surface area contributed by atoms with Gasteiger partial charge in [-0.25, -0.2) is 0 Å². The molecule has 1 aromatic carbocycles. The zero-order chi connectivity index (χ0) is 10.7. The van der Waals surface area contributed by atoms with Gasteiger partial charge in [0.05, 0.1) is 6.10 Å². The molecule has 2 rings (SSSR count). The van der Waals surface area contributed by atoms with E-state index in [9.17, 15) is 10.2 Å². The molecule has 1 saturated heterocycles. The highest BCUT2D eigenvalue weighted by molar-refractivity contribution is 5.28. The molecule has 2 unspecified atom stereocenters. The Kier molecular flexibility index (Phi) is 3.23. The first kappa shape index (κ1) is 10.5. The maximum absolute atomic E-state index is 9.97. The molecule has 0 aliphatic carbocycles. The summed E-state index contributed by atoms with van der Waals surface area (Å²) in [7, 11) is 0. The number of aliphatic hydroxyl groups is 1. The first-order valence-corrected chi connectivity index (χ1v) is 5.43. The molecule has 0 bridgehead atoms. The number of aliphatic hydroxyl groups excluding tert-OH is 1. The first-order chi connectivity index (χ1) is 7.25. The maximum Gasteiger partial charge on any atom is 0.115 e. The van der Waals surface area contributed by atoms with Crippen LogP contribution in [0.15, 0.2) is 24.3 Å². The molecule has 15 heavy (non-hydrogen) atoms. The van der Waals surface area contributed by atoms with E-state index in [4.69, 9.17) is 0 Å². The molecule has 0 aromatic heterocycles. The highest BCUT2D eigenvalue weighted by atomic mass is 16.3. The van der Waals surface area contributed by atoms with Gasteiger partial charge in [-0.15, -0.1) is 0 Å². The third kappa shape index (κ3) is 2.70. The Labute approximate surface area is 89.8 Å². The van der Waals surface area contributed by atoms with E-state index in [0.717, 1.165) is 31.5 Å². The molecule has 0 radical (unpaired) electrons. The minimum absolute atomic E-state index is 0.219. The van der Waals surface area contributed by atoms with Gasteiger partial charge in [0.2, 0.25) is 0 Å². The lowest BCUT2D eigenvalue weighted by atomic mass is 9.96. The summed E-state index contributed by atoms with van der Waals surface area (Å²) in [5.74, 6) is 0.776. The Hall–Kier alpha value is -1.06. The molecule has 3 heteroatoms. The van der Waals surface area contributed by atoms with Crippen molar-refractivity contribution in [3.8, 4) is 5.75 Å². The third-order valence-electron chi connectivity index (χ3n) is 2.97. The van der Waals surface area contributed by atoms with Crippen LogP contribution in [0, 0.1) is 5.92 Å². The van der Waals surface area contributed by atoms with Crippen molar-refractivity contribution in [2.24, 2.45) is 5.92 Å². The third-order valence-corrected chi connectivity index (χ3v) is 2.97. The summed E-state index contributed by atoms with van der Waals surface area (Å²) in [6, 6.07) is 6.87. The fourth-order valence-electron chi connectivity index (χ4n) is 2.10. The largest absolute Gasteiger partial charge is 0.508 e. The van der Waals surface area contributed by atoms with Gasteiger partial charge in [0.25, 0.3) is 0 Å². The number of aromatic hydroxyl groups is 1. The summed E-state index contributed by atoms with van der Waals surface area (Å²) in [4.78, 5) is 0. The standard InChI is InChI=1S/C12H17NO2/c14-11-3-1-2-10(7-11)12(15)6-9-4-5-13-8-9/h1-3,7,9,12-15H,4-6,8H2. The number of nitrogens with one attached hydrogen (secondary N) is 1. The van der Waals surface area contributed by atoms with Gasteiger partial charge < -0.3 is 15.5 Å². The minimum Gasteiger partial charge on any atom is -0.508 e. The van der Waals surface area contributed by atoms with Gasteiger partial charge in [0.1, 0.15) is 5.75 Å². The van der Waals surface area contributed by atoms with Crippen LogP contribution in [-0.2, 0) is 0 Å². The molecule has 2 atom stereocenters. The van der Waals surface area contributed by atoms with Crippen molar-refractivity contribution in [2.45, 2.75) is 18.9 Å². The van der Waals surface area contributed by atoms with Crippen molar-refractivity contribution in [3.05, 3.63) is 29.8 Å². The van der Waals surface area contributed by atoms with E-state index in [0.29, 0.717) is 5.92 Å². The highest BCUT2D eigenvalue weighted by Gasteiger charge is 2.19. The molecule has 3 N–H and O–H groups in total. The van der Waals surface area contributed by atoms with Crippen LogP contribution in [0.3, 0.4) is 0 Å². The number of phenolic OH excluding ortho intramolecular Hbond substituents is 1. The van der Waals surface area contributed by atoms with Crippen LogP contribution in [0.25, 0.3) is 0 Å². The predicted molar refractivity (Wildman–Crippen MR) is 58.7 cm³/mol. The summed E-state index contributed by atoms with van der Waals surface area (Å²) in [5.41, 5.74) is 0.807. The zero-order valence-electron chi connectivity index (χ0n) is 8.69. The minimum atomic E-state index is -0.456. The molecular weight excluding hydrogens is 190 g/mol. The molecular formula is C12H17NO2. The van der Waals surface area contributed by atoms with Gasteiger partial charge in [0.15, 0.2) is 0 Å². The van der Waals surface area contributed by atoms with E-state index < -0.39 is 6.10 Å². The number of phenols is 1. The average molecular weight is 207 g/mol. The predicted octanol–water partition coefficient (Wildman–Crippen LogP) is 1.43. The molecule has 0 amide bonds. The van der Waals surface area contributed by atoms with E-state index in [1.807, 2.05) is 6.07 Å². The van der Waals surface area contributed by atoms with Crippen LogP contribution in [0.1, 0.15) is 24.5 Å². The normalized spacial score (nSPS) is 22.9. The summed E-state index contributed by atoms with van der Waals surface area (Å²) in [6.07, 6.45) is 1.45. The molecule has 1 aliphatic heterocycles. The van der Waals surface area contributed by atoms with Crippen LogP contribution >= 0.6 is 0 Å². The lowest BCUT2D eigenvalue weighted by Gasteiger charge is -2.15. The SMILES string of the molecule is Oc1cccc(C(O)CC2CCNC2)c1. The first-order valence-electron chi connectivity index (χ1n) is 5.43. The molecule has 1 heterocycles. The Morgan fingerprint density at radius 1 is 1.47 bits per heavy atom. The van der Waals surface area contributed by atoms with E-state index in [2.05, 4.69) is 5.32 Å². The molecule has 1 fully saturated rings. The van der Waals surface area contributed by atoms with Crippen molar-refractivity contribution in [1.82, 2.24) is 5.32 Å². The van der Waals surface area contributed by atoms with Crippen LogP contribution in [0.2, 0.25) is 0 Å². The topological polar surface area (TPSA) is 52.5 Å². The molecule has 82 valence electrons. The van der Waals surface area contributed by atoms with Crippen molar-refractivity contribution in [1.29, 1.82) is 0 Å². The number of hydrogen-bond donors (Lipinski definition) is 3. The molecule has 0 saturated carbocycles. The number of rotatable bonds is 3. The van der Waals surface area contributed by atoms with E-state index in [1.54, 1.807) is 18.2 Å². The van der Waals surface area contributed by atoms with Crippen LogP contribution in [-0.4, -0.2) is 23.3 Å². The van der Waals surface area contributed by atoms with Gasteiger partial charge in [-0.05, 0) is 49.5 Å². The molecule has 3 nitrogen and oxygen atoms in total. The maximum atomic E-state index is 9.97. The lowest BCUT2D eigenvalue weighted by molar-refractivity contribution is 0.147. The smallest absolute Gasteiger partial charge is 0.115 e. The quantitative estimate of drug-likeness (QED) is 0.702. The zero-order valence-corrected chi connectivity index (χ0v) is 8.69. The van der Waals surface area contributed by atoms with Gasteiger partial charge in [-0.3, -0.25) is 0 Å². The van der Waals surface area contributed by atoms with Gasteiger partial charge in [0, 0.05) is 0 Å². The van der Waals surface area contributed by atoms with Gasteiger partial charge in [-0.1, -0.05) is 12.1 Å². The van der Waals surface area contributed by atoms with E-state index >= 15 is 0 Å². The Bertz CT molecular complexity index is 321. The van der Waals surface area contributed by atoms with E-state index in [-0.39, 0.29) is 5.75 Å². The van der Waals surface area contributed by atoms with Gasteiger partial charge in [-0.2, -0.15) is 0 Å². The Morgan fingerprint density at radius 3 is 3.00 bits per heavy atom. The van der Waals surface area contributed by atoms with E-state index in [1.165, 1.54) is 0 Å². The fourth-order valence-corrected chi connectivity index (χ4v) is 2.10. The average Bonchev–Trinajstić information content (AvgIpc) is 2.70. The summed E-state index contributed by atoms with van der Waals surface area (Å²) >= 11 is 0. The summed E-state index contributed by atoms with van der Waals surface area (Å²) in [6.45, 7) is 2.05. The Balaban J connectivity index is 1.97. The van der Waals surface area contributed by atoms with Crippen molar-refractivity contribution >= 4 is 0 Å². The fraction of sp³-hybridized carbons (Fsp3) is 0.500. The molecule has 1 aliphatic rings. The Morgan fingerprint density at radius 2 is 2.33 bits per heavy atom. The van der Waals surface area contributed by atoms with Crippen molar-refractivity contribution in [3.63, 3.8) is 0 Å². The van der Waals surface area contributed by atoms with Crippen molar-refractivity contribution in [2.75, 3.05) is 13.1 Å². The molecule has 0 spiro atoms. The monoisotopic (exact) mass is 207 g/mol. The van der Waals surface area contributed by atoms with Crippen LogP contribution < -0.4 is 5.32 Å². The second-order valence-electron chi connectivity index (χ2n) is 4.21. The summed E-state index contributed by atoms with van der Waals surface area (Å²) < 4.78 is 0. The number of hydrogen-bond acceptors (Lipinski definition) is 3. The summed E-state index contributed by atoms with van der Waals surface area (Å²) in [5, 5.41) is 22.5. The lowest BCUT2D eigenvalue weighted by Crippen LogP contribution is -2.11. The second-order valence-corrected chi connectivity index (χ2v) is 4.21. The molecule has 1 aromatic rings. The second kappa shape index (κ2) is 4.64. The van der Waals surface area contributed by atoms with Crippen LogP contribution in [0.5, 0.6) is 5.75 Å². The highest BCUT2D eigenvalue weighted by Crippen LogP contribution is 2.26. The van der Waals surface area contributed by atoms with Crippen LogP contribution in [0.4, 0.5) is 0 Å².